The second-order valence-corrected chi connectivity index (χ2v) is 3.96. The Morgan fingerprint density at radius 2 is 2.08 bits per heavy atom. The maximum absolute atomic E-state index is 9.94. The van der Waals surface area contributed by atoms with Gasteiger partial charge in [-0.2, -0.15) is 0 Å². The van der Waals surface area contributed by atoms with Crippen LogP contribution in [0.2, 0.25) is 0 Å². The molecule has 0 aliphatic heterocycles. The van der Waals surface area contributed by atoms with E-state index in [9.17, 15) is 5.11 Å². The molecule has 68 valence electrons. The molecule has 0 aromatic rings. The van der Waals surface area contributed by atoms with Crippen LogP contribution < -0.4 is 0 Å². The van der Waals surface area contributed by atoms with Crippen LogP contribution in [0.3, 0.4) is 0 Å². The Morgan fingerprint density at radius 1 is 1.50 bits per heavy atom. The number of rotatable bonds is 2. The van der Waals surface area contributed by atoms with Crippen molar-refractivity contribution in [2.75, 3.05) is 0 Å². The lowest BCUT2D eigenvalue weighted by Crippen LogP contribution is -2.33. The summed E-state index contributed by atoms with van der Waals surface area (Å²) in [6.45, 7) is 2.22. The summed E-state index contributed by atoms with van der Waals surface area (Å²) >= 11 is 0. The lowest BCUT2D eigenvalue weighted by molar-refractivity contribution is -0.00502. The van der Waals surface area contributed by atoms with Gasteiger partial charge in [-0.05, 0) is 31.6 Å². The van der Waals surface area contributed by atoms with Gasteiger partial charge in [-0.15, -0.1) is 12.3 Å². The van der Waals surface area contributed by atoms with E-state index < -0.39 is 5.60 Å². The molecule has 1 rings (SSSR count). The molecule has 1 N–H and O–H groups in total. The van der Waals surface area contributed by atoms with Gasteiger partial charge in [0.15, 0.2) is 0 Å². The first-order valence-electron chi connectivity index (χ1n) is 4.86. The predicted octanol–water partition coefficient (Wildman–Crippen LogP) is 2.34. The van der Waals surface area contributed by atoms with Crippen LogP contribution in [0.15, 0.2) is 0 Å². The van der Waals surface area contributed by atoms with Crippen LogP contribution in [0, 0.1) is 18.3 Å². The predicted molar refractivity (Wildman–Crippen MR) is 50.6 cm³/mol. The molecule has 0 unspecified atom stereocenters. The summed E-state index contributed by atoms with van der Waals surface area (Å²) in [6, 6.07) is 0. The summed E-state index contributed by atoms with van der Waals surface area (Å²) in [6.07, 6.45) is 11.1. The minimum atomic E-state index is -0.527. The van der Waals surface area contributed by atoms with E-state index in [1.807, 2.05) is 0 Å². The van der Waals surface area contributed by atoms with Crippen LogP contribution in [0.4, 0.5) is 0 Å². The van der Waals surface area contributed by atoms with Crippen molar-refractivity contribution >= 4 is 0 Å². The fourth-order valence-electron chi connectivity index (χ4n) is 1.99. The van der Waals surface area contributed by atoms with Crippen molar-refractivity contribution < 1.29 is 5.11 Å². The van der Waals surface area contributed by atoms with Crippen molar-refractivity contribution in [1.29, 1.82) is 0 Å². The van der Waals surface area contributed by atoms with E-state index in [2.05, 4.69) is 12.8 Å². The monoisotopic (exact) mass is 166 g/mol. The van der Waals surface area contributed by atoms with Crippen LogP contribution in [0.5, 0.6) is 0 Å². The molecule has 1 saturated carbocycles. The molecule has 0 aromatic carbocycles. The maximum Gasteiger partial charge on any atom is 0.0756 e. The fourth-order valence-corrected chi connectivity index (χ4v) is 1.99. The highest BCUT2D eigenvalue weighted by atomic mass is 16.3. The second kappa shape index (κ2) is 3.96. The van der Waals surface area contributed by atoms with E-state index in [4.69, 9.17) is 6.42 Å². The Balaban J connectivity index is 2.39. The first kappa shape index (κ1) is 9.61. The molecule has 1 aliphatic carbocycles. The van der Waals surface area contributed by atoms with Gasteiger partial charge in [-0.1, -0.05) is 13.3 Å². The van der Waals surface area contributed by atoms with Crippen molar-refractivity contribution in [2.24, 2.45) is 5.92 Å². The summed E-state index contributed by atoms with van der Waals surface area (Å²) in [5.74, 6) is 3.38. The normalized spacial score (nSPS) is 35.9. The van der Waals surface area contributed by atoms with Crippen molar-refractivity contribution in [1.82, 2.24) is 0 Å². The topological polar surface area (TPSA) is 20.2 Å². The molecule has 0 aromatic heterocycles. The van der Waals surface area contributed by atoms with Crippen LogP contribution in [-0.4, -0.2) is 10.7 Å². The zero-order valence-electron chi connectivity index (χ0n) is 7.84. The average Bonchev–Trinajstić information content (AvgIpc) is 2.06. The minimum absolute atomic E-state index is 0.527. The minimum Gasteiger partial charge on any atom is -0.389 e. The zero-order valence-corrected chi connectivity index (χ0v) is 7.84. The number of aliphatic hydroxyl groups is 1. The summed E-state index contributed by atoms with van der Waals surface area (Å²) in [5.41, 5.74) is -0.527. The quantitative estimate of drug-likeness (QED) is 0.624. The average molecular weight is 166 g/mol. The number of hydrogen-bond acceptors (Lipinski definition) is 1. The van der Waals surface area contributed by atoms with E-state index >= 15 is 0 Å². The largest absolute Gasteiger partial charge is 0.389 e. The van der Waals surface area contributed by atoms with E-state index in [1.54, 1.807) is 0 Å². The van der Waals surface area contributed by atoms with Crippen LogP contribution >= 0.6 is 0 Å². The Labute approximate surface area is 75.2 Å². The van der Waals surface area contributed by atoms with Gasteiger partial charge in [0.1, 0.15) is 0 Å². The SMILES string of the molecule is C#CCC1(O)CCC(CC)CC1. The molecular weight excluding hydrogens is 148 g/mol. The molecule has 0 saturated heterocycles. The van der Waals surface area contributed by atoms with Gasteiger partial charge in [0.25, 0.3) is 0 Å². The highest BCUT2D eigenvalue weighted by molar-refractivity contribution is 4.97. The van der Waals surface area contributed by atoms with Crippen LogP contribution in [-0.2, 0) is 0 Å². The molecule has 1 heteroatoms. The standard InChI is InChI=1S/C11H18O/c1-3-7-11(12)8-5-10(4-2)6-9-11/h1,10,12H,4-9H2,2H3. The highest BCUT2D eigenvalue weighted by Gasteiger charge is 2.31. The molecule has 0 bridgehead atoms. The van der Waals surface area contributed by atoms with Gasteiger partial charge in [0, 0.05) is 6.42 Å². The summed E-state index contributed by atoms with van der Waals surface area (Å²) in [5, 5.41) is 9.94. The fraction of sp³-hybridized carbons (Fsp3) is 0.818. The van der Waals surface area contributed by atoms with Crippen molar-refractivity contribution in [3.05, 3.63) is 0 Å². The zero-order chi connectivity index (χ0) is 9.03. The van der Waals surface area contributed by atoms with Crippen molar-refractivity contribution in [3.8, 4) is 12.3 Å². The van der Waals surface area contributed by atoms with Gasteiger partial charge in [-0.3, -0.25) is 0 Å². The molecule has 0 amide bonds. The molecule has 12 heavy (non-hydrogen) atoms. The Bertz CT molecular complexity index is 170. The number of hydrogen-bond donors (Lipinski definition) is 1. The smallest absolute Gasteiger partial charge is 0.0756 e. The Hall–Kier alpha value is -0.480. The molecule has 1 nitrogen and oxygen atoms in total. The molecule has 0 heterocycles. The number of terminal acetylenes is 1. The first-order valence-corrected chi connectivity index (χ1v) is 4.86. The van der Waals surface area contributed by atoms with E-state index in [1.165, 1.54) is 6.42 Å². The second-order valence-electron chi connectivity index (χ2n) is 3.96. The third-order valence-corrected chi connectivity index (χ3v) is 3.04. The van der Waals surface area contributed by atoms with E-state index in [-0.39, 0.29) is 0 Å². The van der Waals surface area contributed by atoms with Crippen molar-refractivity contribution in [3.63, 3.8) is 0 Å². The molecule has 0 spiro atoms. The maximum atomic E-state index is 9.94. The van der Waals surface area contributed by atoms with Crippen LogP contribution in [0.25, 0.3) is 0 Å². The lowest BCUT2D eigenvalue weighted by Gasteiger charge is -2.34. The Kier molecular flexibility index (Phi) is 3.17. The molecule has 1 fully saturated rings. The van der Waals surface area contributed by atoms with Gasteiger partial charge in [0.05, 0.1) is 5.60 Å². The molecule has 0 radical (unpaired) electrons. The molecule has 1 aliphatic rings. The summed E-state index contributed by atoms with van der Waals surface area (Å²) < 4.78 is 0. The third-order valence-electron chi connectivity index (χ3n) is 3.04. The van der Waals surface area contributed by atoms with Gasteiger partial charge >= 0.3 is 0 Å². The molecule has 0 atom stereocenters. The van der Waals surface area contributed by atoms with Gasteiger partial charge in [-0.25, -0.2) is 0 Å². The lowest BCUT2D eigenvalue weighted by atomic mass is 9.76. The molecular formula is C11H18O. The first-order chi connectivity index (χ1) is 5.70. The van der Waals surface area contributed by atoms with Gasteiger partial charge in [0.2, 0.25) is 0 Å². The van der Waals surface area contributed by atoms with Gasteiger partial charge < -0.3 is 5.11 Å². The van der Waals surface area contributed by atoms with Crippen molar-refractivity contribution in [2.45, 2.75) is 51.0 Å². The van der Waals surface area contributed by atoms with E-state index in [0.29, 0.717) is 6.42 Å². The third kappa shape index (κ3) is 2.25. The van der Waals surface area contributed by atoms with E-state index in [0.717, 1.165) is 31.6 Å². The Morgan fingerprint density at radius 3 is 2.50 bits per heavy atom. The summed E-state index contributed by atoms with van der Waals surface area (Å²) in [4.78, 5) is 0. The van der Waals surface area contributed by atoms with Crippen LogP contribution in [0.1, 0.15) is 45.4 Å². The summed E-state index contributed by atoms with van der Waals surface area (Å²) in [7, 11) is 0. The highest BCUT2D eigenvalue weighted by Crippen LogP contribution is 2.35.